The Labute approximate surface area is 125 Å². The Balaban J connectivity index is 1.96. The monoisotopic (exact) mass is 301 g/mol. The van der Waals surface area contributed by atoms with Crippen LogP contribution in [0.15, 0.2) is 6.07 Å². The number of anilines is 1. The zero-order chi connectivity index (χ0) is 13.8. The molecule has 0 radical (unpaired) electrons. The lowest BCUT2D eigenvalue weighted by Gasteiger charge is -2.33. The quantitative estimate of drug-likeness (QED) is 0.853. The van der Waals surface area contributed by atoms with Gasteiger partial charge in [-0.25, -0.2) is 4.98 Å². The highest BCUT2D eigenvalue weighted by atomic mass is 35.5. The van der Waals surface area contributed by atoms with Crippen LogP contribution in [0.2, 0.25) is 10.3 Å². The van der Waals surface area contributed by atoms with Gasteiger partial charge >= 0.3 is 0 Å². The maximum atomic E-state index is 6.16. The first-order chi connectivity index (χ1) is 9.10. The fourth-order valence-corrected chi connectivity index (χ4v) is 3.18. The third kappa shape index (κ3) is 3.98. The van der Waals surface area contributed by atoms with Crippen LogP contribution in [-0.4, -0.2) is 35.6 Å². The van der Waals surface area contributed by atoms with E-state index in [-0.39, 0.29) is 0 Å². The maximum absolute atomic E-state index is 6.16. The molecule has 0 aliphatic carbocycles. The van der Waals surface area contributed by atoms with E-state index in [1.165, 1.54) is 13.0 Å². The number of halogens is 2. The number of hydrogen-bond acceptors (Lipinski definition) is 3. The Bertz CT molecular complexity index is 406. The minimum Gasteiger partial charge on any atom is -0.380 e. The third-order valence-electron chi connectivity index (χ3n) is 3.62. The van der Waals surface area contributed by atoms with E-state index in [0.29, 0.717) is 16.3 Å². The Hall–Kier alpha value is -0.510. The number of rotatable bonds is 4. The number of piperidine rings is 1. The standard InChI is InChI=1S/C14H21Cl2N3/c1-3-6-19-7-4-11(5-8-19)17-13-10(2)9-12(15)18-14(13)16/h9,11,17H,3-8H2,1-2H3. The highest BCUT2D eigenvalue weighted by Crippen LogP contribution is 2.28. The van der Waals surface area contributed by atoms with Gasteiger partial charge in [0.15, 0.2) is 5.15 Å². The SMILES string of the molecule is CCCN1CCC(Nc2c(C)cc(Cl)nc2Cl)CC1. The molecule has 1 saturated heterocycles. The molecule has 3 nitrogen and oxygen atoms in total. The summed E-state index contributed by atoms with van der Waals surface area (Å²) in [4.78, 5) is 6.62. The lowest BCUT2D eigenvalue weighted by Crippen LogP contribution is -2.39. The summed E-state index contributed by atoms with van der Waals surface area (Å²) in [6.07, 6.45) is 3.53. The van der Waals surface area contributed by atoms with Crippen molar-refractivity contribution in [3.63, 3.8) is 0 Å². The topological polar surface area (TPSA) is 28.2 Å². The number of likely N-dealkylation sites (tertiary alicyclic amines) is 1. The van der Waals surface area contributed by atoms with Gasteiger partial charge in [-0.2, -0.15) is 0 Å². The van der Waals surface area contributed by atoms with Gasteiger partial charge in [-0.05, 0) is 44.4 Å². The molecule has 1 aromatic rings. The van der Waals surface area contributed by atoms with Crippen molar-refractivity contribution in [1.82, 2.24) is 9.88 Å². The summed E-state index contributed by atoms with van der Waals surface area (Å²) in [6, 6.07) is 2.33. The van der Waals surface area contributed by atoms with Gasteiger partial charge in [0.1, 0.15) is 5.15 Å². The van der Waals surface area contributed by atoms with Crippen molar-refractivity contribution in [2.24, 2.45) is 0 Å². The summed E-state index contributed by atoms with van der Waals surface area (Å²) in [5.41, 5.74) is 1.99. The molecular formula is C14H21Cl2N3. The highest BCUT2D eigenvalue weighted by Gasteiger charge is 2.20. The van der Waals surface area contributed by atoms with Gasteiger partial charge in [0, 0.05) is 19.1 Å². The molecule has 1 aromatic heterocycles. The molecule has 0 aromatic carbocycles. The molecule has 1 aliphatic rings. The molecule has 1 fully saturated rings. The first kappa shape index (κ1) is 14.9. The summed E-state index contributed by atoms with van der Waals surface area (Å²) in [5.74, 6) is 0. The fraction of sp³-hybridized carbons (Fsp3) is 0.643. The van der Waals surface area contributed by atoms with Gasteiger partial charge in [-0.3, -0.25) is 0 Å². The van der Waals surface area contributed by atoms with Crippen LogP contribution >= 0.6 is 23.2 Å². The van der Waals surface area contributed by atoms with E-state index in [1.54, 1.807) is 0 Å². The molecule has 2 rings (SSSR count). The molecule has 1 aliphatic heterocycles. The van der Waals surface area contributed by atoms with Crippen LogP contribution in [0, 0.1) is 6.92 Å². The van der Waals surface area contributed by atoms with Crippen LogP contribution in [0.25, 0.3) is 0 Å². The zero-order valence-corrected chi connectivity index (χ0v) is 13.1. The Morgan fingerprint density at radius 1 is 1.37 bits per heavy atom. The third-order valence-corrected chi connectivity index (χ3v) is 4.08. The predicted molar refractivity (Wildman–Crippen MR) is 82.4 cm³/mol. The van der Waals surface area contributed by atoms with E-state index in [4.69, 9.17) is 23.2 Å². The number of pyridine rings is 1. The normalized spacial score (nSPS) is 17.7. The summed E-state index contributed by atoms with van der Waals surface area (Å²) < 4.78 is 0. The number of nitrogens with one attached hydrogen (secondary N) is 1. The summed E-state index contributed by atoms with van der Waals surface area (Å²) in [7, 11) is 0. The molecule has 0 bridgehead atoms. The van der Waals surface area contributed by atoms with Crippen molar-refractivity contribution >= 4 is 28.9 Å². The molecule has 2 heterocycles. The minimum atomic E-state index is 0.450. The first-order valence-electron chi connectivity index (χ1n) is 6.91. The predicted octanol–water partition coefficient (Wildman–Crippen LogP) is 3.98. The van der Waals surface area contributed by atoms with Crippen molar-refractivity contribution in [2.45, 2.75) is 39.2 Å². The maximum Gasteiger partial charge on any atom is 0.154 e. The summed E-state index contributed by atoms with van der Waals surface area (Å²) >= 11 is 12.1. The first-order valence-corrected chi connectivity index (χ1v) is 7.67. The molecule has 0 unspecified atom stereocenters. The van der Waals surface area contributed by atoms with E-state index in [1.807, 2.05) is 13.0 Å². The number of hydrogen-bond donors (Lipinski definition) is 1. The molecule has 0 atom stereocenters. The van der Waals surface area contributed by atoms with E-state index in [9.17, 15) is 0 Å². The Morgan fingerprint density at radius 3 is 2.63 bits per heavy atom. The van der Waals surface area contributed by atoms with E-state index in [0.717, 1.165) is 37.2 Å². The largest absolute Gasteiger partial charge is 0.380 e. The molecule has 1 N–H and O–H groups in total. The smallest absolute Gasteiger partial charge is 0.154 e. The highest BCUT2D eigenvalue weighted by molar-refractivity contribution is 6.34. The Kier molecular flexibility index (Phi) is 5.31. The fourth-order valence-electron chi connectivity index (χ4n) is 2.59. The number of nitrogens with zero attached hydrogens (tertiary/aromatic N) is 2. The van der Waals surface area contributed by atoms with Gasteiger partial charge in [0.25, 0.3) is 0 Å². The van der Waals surface area contributed by atoms with E-state index < -0.39 is 0 Å². The van der Waals surface area contributed by atoms with Gasteiger partial charge < -0.3 is 10.2 Å². The van der Waals surface area contributed by atoms with E-state index >= 15 is 0 Å². The van der Waals surface area contributed by atoms with Gasteiger partial charge in [-0.1, -0.05) is 30.1 Å². The van der Waals surface area contributed by atoms with Gasteiger partial charge in [0.05, 0.1) is 5.69 Å². The molecular weight excluding hydrogens is 281 g/mol. The number of aromatic nitrogens is 1. The van der Waals surface area contributed by atoms with Crippen LogP contribution in [-0.2, 0) is 0 Å². The molecule has 5 heteroatoms. The van der Waals surface area contributed by atoms with E-state index in [2.05, 4.69) is 22.1 Å². The molecule has 0 saturated carbocycles. The molecule has 19 heavy (non-hydrogen) atoms. The average Bonchev–Trinajstić information content (AvgIpc) is 2.36. The lowest BCUT2D eigenvalue weighted by atomic mass is 10.0. The van der Waals surface area contributed by atoms with Crippen LogP contribution in [0.5, 0.6) is 0 Å². The van der Waals surface area contributed by atoms with Crippen molar-refractivity contribution in [3.8, 4) is 0 Å². The van der Waals surface area contributed by atoms with Crippen LogP contribution in [0.4, 0.5) is 5.69 Å². The van der Waals surface area contributed by atoms with Crippen molar-refractivity contribution in [1.29, 1.82) is 0 Å². The summed E-state index contributed by atoms with van der Waals surface area (Å²) in [6.45, 7) is 7.75. The van der Waals surface area contributed by atoms with Gasteiger partial charge in [-0.15, -0.1) is 0 Å². The zero-order valence-electron chi connectivity index (χ0n) is 11.5. The summed E-state index contributed by atoms with van der Waals surface area (Å²) in [5, 5.41) is 4.45. The number of aryl methyl sites for hydroxylation is 1. The van der Waals surface area contributed by atoms with Crippen LogP contribution in [0.1, 0.15) is 31.7 Å². The molecule has 106 valence electrons. The van der Waals surface area contributed by atoms with Crippen LogP contribution < -0.4 is 5.32 Å². The molecule has 0 amide bonds. The van der Waals surface area contributed by atoms with Crippen LogP contribution in [0.3, 0.4) is 0 Å². The second kappa shape index (κ2) is 6.78. The lowest BCUT2D eigenvalue weighted by molar-refractivity contribution is 0.219. The second-order valence-electron chi connectivity index (χ2n) is 5.19. The molecule has 0 spiro atoms. The second-order valence-corrected chi connectivity index (χ2v) is 5.93. The van der Waals surface area contributed by atoms with Crippen molar-refractivity contribution in [2.75, 3.05) is 25.0 Å². The van der Waals surface area contributed by atoms with Crippen molar-refractivity contribution in [3.05, 3.63) is 21.9 Å². The average molecular weight is 302 g/mol. The Morgan fingerprint density at radius 2 is 2.05 bits per heavy atom. The van der Waals surface area contributed by atoms with Crippen molar-refractivity contribution < 1.29 is 0 Å². The minimum absolute atomic E-state index is 0.450. The van der Waals surface area contributed by atoms with Gasteiger partial charge in [0.2, 0.25) is 0 Å².